The van der Waals surface area contributed by atoms with Gasteiger partial charge in [0.05, 0.1) is 0 Å². The molecule has 0 atom stereocenters. The number of aromatic nitrogens is 2. The van der Waals surface area contributed by atoms with Crippen LogP contribution >= 0.6 is 0 Å². The van der Waals surface area contributed by atoms with Gasteiger partial charge in [0.15, 0.2) is 11.5 Å². The molecule has 3 aromatic rings. The molecule has 0 unspecified atom stereocenters. The Balaban J connectivity index is 2.41. The molecule has 4 nitrogen and oxygen atoms in total. The molecule has 0 radical (unpaired) electrons. The predicted molar refractivity (Wildman–Crippen MR) is 63.4 cm³/mol. The number of nitrogens with one attached hydrogen (secondary N) is 1. The van der Waals surface area contributed by atoms with Gasteiger partial charge in [-0.15, -0.1) is 0 Å². The standard InChI is InChI=1S/C12H13N3O/c1-7-15-12-10(16-7)3-2-9-11(12)8(4-5-13)6-14-9/h2-3,6,14H,4-5,13H2,1H3. The molecule has 0 bridgehead atoms. The second-order valence-corrected chi connectivity index (χ2v) is 3.92. The number of fused-ring (bicyclic) bond motifs is 3. The normalized spacial score (nSPS) is 11.6. The SMILES string of the molecule is Cc1nc2c(ccc3[nH]cc(CCN)c32)o1. The van der Waals surface area contributed by atoms with Crippen molar-refractivity contribution in [3.63, 3.8) is 0 Å². The van der Waals surface area contributed by atoms with Gasteiger partial charge in [0.1, 0.15) is 5.52 Å². The fourth-order valence-corrected chi connectivity index (χ4v) is 2.14. The molecule has 0 fully saturated rings. The smallest absolute Gasteiger partial charge is 0.192 e. The second kappa shape index (κ2) is 3.35. The summed E-state index contributed by atoms with van der Waals surface area (Å²) in [5, 5.41) is 1.14. The maximum absolute atomic E-state index is 5.60. The number of aryl methyl sites for hydroxylation is 1. The predicted octanol–water partition coefficient (Wildman–Crippen LogP) is 2.12. The van der Waals surface area contributed by atoms with E-state index in [9.17, 15) is 0 Å². The lowest BCUT2D eigenvalue weighted by molar-refractivity contribution is 0.561. The summed E-state index contributed by atoms with van der Waals surface area (Å²) in [6.45, 7) is 2.50. The number of H-pyrrole nitrogens is 1. The summed E-state index contributed by atoms with van der Waals surface area (Å²) in [5.74, 6) is 0.697. The van der Waals surface area contributed by atoms with Crippen LogP contribution in [0.5, 0.6) is 0 Å². The Morgan fingerprint density at radius 1 is 1.44 bits per heavy atom. The molecule has 2 aromatic heterocycles. The van der Waals surface area contributed by atoms with Crippen LogP contribution < -0.4 is 5.73 Å². The molecule has 4 heteroatoms. The number of aromatic amines is 1. The molecular formula is C12H13N3O. The quantitative estimate of drug-likeness (QED) is 0.688. The molecule has 0 aliphatic carbocycles. The van der Waals surface area contributed by atoms with Gasteiger partial charge < -0.3 is 15.1 Å². The zero-order valence-corrected chi connectivity index (χ0v) is 9.08. The van der Waals surface area contributed by atoms with Gasteiger partial charge in [-0.05, 0) is 30.7 Å². The number of hydrogen-bond donors (Lipinski definition) is 2. The van der Waals surface area contributed by atoms with Crippen LogP contribution in [0.25, 0.3) is 22.0 Å². The summed E-state index contributed by atoms with van der Waals surface area (Å²) in [7, 11) is 0. The van der Waals surface area contributed by atoms with E-state index in [4.69, 9.17) is 10.2 Å². The van der Waals surface area contributed by atoms with E-state index in [1.54, 1.807) is 0 Å². The molecular weight excluding hydrogens is 202 g/mol. The second-order valence-electron chi connectivity index (χ2n) is 3.92. The highest BCUT2D eigenvalue weighted by atomic mass is 16.3. The van der Waals surface area contributed by atoms with Crippen LogP contribution in [0, 0.1) is 6.92 Å². The van der Waals surface area contributed by atoms with Crippen LogP contribution in [0.2, 0.25) is 0 Å². The molecule has 16 heavy (non-hydrogen) atoms. The lowest BCUT2D eigenvalue weighted by atomic mass is 10.1. The maximum Gasteiger partial charge on any atom is 0.192 e. The van der Waals surface area contributed by atoms with Crippen molar-refractivity contribution >= 4 is 22.0 Å². The van der Waals surface area contributed by atoms with E-state index in [1.165, 1.54) is 5.56 Å². The summed E-state index contributed by atoms with van der Waals surface area (Å²) < 4.78 is 5.52. The van der Waals surface area contributed by atoms with Crippen LogP contribution in [0.4, 0.5) is 0 Å². The fourth-order valence-electron chi connectivity index (χ4n) is 2.14. The van der Waals surface area contributed by atoms with E-state index in [2.05, 4.69) is 9.97 Å². The topological polar surface area (TPSA) is 67.8 Å². The number of nitrogens with two attached hydrogens (primary N) is 1. The highest BCUT2D eigenvalue weighted by Crippen LogP contribution is 2.28. The molecule has 0 spiro atoms. The van der Waals surface area contributed by atoms with Crippen molar-refractivity contribution < 1.29 is 4.42 Å². The van der Waals surface area contributed by atoms with Crippen LogP contribution in [0.3, 0.4) is 0 Å². The summed E-state index contributed by atoms with van der Waals surface area (Å²) >= 11 is 0. The lowest BCUT2D eigenvalue weighted by Crippen LogP contribution is -2.01. The maximum atomic E-state index is 5.60. The number of hydrogen-bond acceptors (Lipinski definition) is 3. The Labute approximate surface area is 92.5 Å². The number of rotatable bonds is 2. The zero-order chi connectivity index (χ0) is 11.1. The minimum Gasteiger partial charge on any atom is -0.441 e. The van der Waals surface area contributed by atoms with Gasteiger partial charge in [-0.2, -0.15) is 0 Å². The molecule has 3 N–H and O–H groups in total. The molecule has 0 saturated heterocycles. The van der Waals surface area contributed by atoms with E-state index in [0.717, 1.165) is 28.4 Å². The largest absolute Gasteiger partial charge is 0.441 e. The first-order chi connectivity index (χ1) is 7.79. The first kappa shape index (κ1) is 9.42. The third-order valence-electron chi connectivity index (χ3n) is 2.80. The Morgan fingerprint density at radius 3 is 3.12 bits per heavy atom. The Hall–Kier alpha value is -1.81. The average Bonchev–Trinajstić information content (AvgIpc) is 2.81. The van der Waals surface area contributed by atoms with Crippen molar-refractivity contribution in [2.75, 3.05) is 6.54 Å². The van der Waals surface area contributed by atoms with Crippen molar-refractivity contribution in [2.45, 2.75) is 13.3 Å². The van der Waals surface area contributed by atoms with E-state index in [-0.39, 0.29) is 0 Å². The number of nitrogens with zero attached hydrogens (tertiary/aromatic N) is 1. The van der Waals surface area contributed by atoms with Gasteiger partial charge in [0, 0.05) is 24.0 Å². The van der Waals surface area contributed by atoms with Gasteiger partial charge in [0.25, 0.3) is 0 Å². The summed E-state index contributed by atoms with van der Waals surface area (Å²) in [4.78, 5) is 7.67. The monoisotopic (exact) mass is 215 g/mol. The highest BCUT2D eigenvalue weighted by molar-refractivity contribution is 6.04. The van der Waals surface area contributed by atoms with Crippen LogP contribution in [-0.2, 0) is 6.42 Å². The Morgan fingerprint density at radius 2 is 2.31 bits per heavy atom. The van der Waals surface area contributed by atoms with Crippen LogP contribution in [-0.4, -0.2) is 16.5 Å². The number of oxazole rings is 1. The molecule has 3 rings (SSSR count). The lowest BCUT2D eigenvalue weighted by Gasteiger charge is -1.96. The van der Waals surface area contributed by atoms with Crippen molar-refractivity contribution in [3.05, 3.63) is 29.8 Å². The summed E-state index contributed by atoms with van der Waals surface area (Å²) in [5.41, 5.74) is 9.66. The molecule has 0 saturated carbocycles. The molecule has 82 valence electrons. The average molecular weight is 215 g/mol. The van der Waals surface area contributed by atoms with E-state index in [1.807, 2.05) is 25.3 Å². The Bertz CT molecular complexity index is 651. The van der Waals surface area contributed by atoms with Gasteiger partial charge in [-0.25, -0.2) is 4.98 Å². The van der Waals surface area contributed by atoms with E-state index in [0.29, 0.717) is 12.4 Å². The van der Waals surface area contributed by atoms with Crippen LogP contribution in [0.15, 0.2) is 22.7 Å². The van der Waals surface area contributed by atoms with Crippen LogP contribution in [0.1, 0.15) is 11.5 Å². The van der Waals surface area contributed by atoms with E-state index < -0.39 is 0 Å². The fraction of sp³-hybridized carbons (Fsp3) is 0.250. The van der Waals surface area contributed by atoms with Gasteiger partial charge in [0.2, 0.25) is 0 Å². The minimum atomic E-state index is 0.639. The van der Waals surface area contributed by atoms with Gasteiger partial charge in [-0.3, -0.25) is 0 Å². The van der Waals surface area contributed by atoms with Crippen molar-refractivity contribution in [2.24, 2.45) is 5.73 Å². The molecule has 2 heterocycles. The molecule has 0 aliphatic rings. The van der Waals surface area contributed by atoms with Gasteiger partial charge in [-0.1, -0.05) is 0 Å². The zero-order valence-electron chi connectivity index (χ0n) is 9.08. The third-order valence-corrected chi connectivity index (χ3v) is 2.80. The van der Waals surface area contributed by atoms with Crippen molar-refractivity contribution in [1.29, 1.82) is 0 Å². The summed E-state index contributed by atoms with van der Waals surface area (Å²) in [6, 6.07) is 3.96. The minimum absolute atomic E-state index is 0.639. The third kappa shape index (κ3) is 1.23. The first-order valence-electron chi connectivity index (χ1n) is 5.36. The number of benzene rings is 1. The van der Waals surface area contributed by atoms with Crippen molar-refractivity contribution in [3.8, 4) is 0 Å². The first-order valence-corrected chi connectivity index (χ1v) is 5.36. The molecule has 0 aliphatic heterocycles. The van der Waals surface area contributed by atoms with E-state index >= 15 is 0 Å². The highest BCUT2D eigenvalue weighted by Gasteiger charge is 2.11. The van der Waals surface area contributed by atoms with Crippen molar-refractivity contribution in [1.82, 2.24) is 9.97 Å². The molecule has 0 amide bonds. The Kier molecular flexibility index (Phi) is 1.97. The van der Waals surface area contributed by atoms with Gasteiger partial charge >= 0.3 is 0 Å². The summed E-state index contributed by atoms with van der Waals surface area (Å²) in [6.07, 6.45) is 2.85. The molecule has 1 aromatic carbocycles.